The molecule has 0 aliphatic carbocycles. The molecule has 3 nitrogen and oxygen atoms in total. The molecule has 0 aliphatic rings. The summed E-state index contributed by atoms with van der Waals surface area (Å²) >= 11 is 0. The van der Waals surface area contributed by atoms with Crippen LogP contribution in [0, 0.1) is 12.7 Å². The average Bonchev–Trinajstić information content (AvgIpc) is 2.09. The molecule has 0 saturated carbocycles. The first kappa shape index (κ1) is 12.9. The molecule has 5 heteroatoms. The summed E-state index contributed by atoms with van der Waals surface area (Å²) in [7, 11) is 0. The van der Waals surface area contributed by atoms with Gasteiger partial charge in [-0.25, -0.2) is 4.39 Å². The van der Waals surface area contributed by atoms with Gasteiger partial charge in [-0.15, -0.1) is 12.4 Å². The van der Waals surface area contributed by atoms with Gasteiger partial charge in [-0.1, -0.05) is 0 Å². The van der Waals surface area contributed by atoms with Crippen LogP contribution in [0.5, 0.6) is 0 Å². The Balaban J connectivity index is 0.00000169. The summed E-state index contributed by atoms with van der Waals surface area (Å²) in [4.78, 5) is 10.9. The van der Waals surface area contributed by atoms with E-state index in [1.165, 1.54) is 18.2 Å². The Labute approximate surface area is 87.9 Å². The van der Waals surface area contributed by atoms with Crippen molar-refractivity contribution in [3.05, 3.63) is 29.6 Å². The molecule has 0 aliphatic heterocycles. The number of nitrogens with one attached hydrogen (secondary N) is 1. The van der Waals surface area contributed by atoms with Gasteiger partial charge >= 0.3 is 0 Å². The fourth-order valence-corrected chi connectivity index (χ4v) is 0.969. The Morgan fingerprint density at radius 3 is 2.71 bits per heavy atom. The molecule has 0 unspecified atom stereocenters. The van der Waals surface area contributed by atoms with Gasteiger partial charge in [0.2, 0.25) is 5.91 Å². The van der Waals surface area contributed by atoms with Crippen LogP contribution in [0.15, 0.2) is 18.2 Å². The second-order valence-electron chi connectivity index (χ2n) is 2.71. The number of hydrogen-bond donors (Lipinski definition) is 2. The Kier molecular flexibility index (Phi) is 5.12. The van der Waals surface area contributed by atoms with Gasteiger partial charge in [0.1, 0.15) is 5.82 Å². The Hall–Kier alpha value is -1.13. The number of anilines is 1. The van der Waals surface area contributed by atoms with E-state index in [1.54, 1.807) is 6.92 Å². The van der Waals surface area contributed by atoms with Crippen molar-refractivity contribution in [3.63, 3.8) is 0 Å². The van der Waals surface area contributed by atoms with Crippen molar-refractivity contribution in [1.29, 1.82) is 0 Å². The molecule has 0 atom stereocenters. The van der Waals surface area contributed by atoms with Gasteiger partial charge in [-0.05, 0) is 30.7 Å². The highest BCUT2D eigenvalue weighted by atomic mass is 35.5. The van der Waals surface area contributed by atoms with Gasteiger partial charge in [-0.3, -0.25) is 4.79 Å². The van der Waals surface area contributed by atoms with Gasteiger partial charge in [0.15, 0.2) is 0 Å². The van der Waals surface area contributed by atoms with E-state index in [4.69, 9.17) is 5.73 Å². The number of nitrogens with two attached hydrogens (primary N) is 1. The molecule has 1 aromatic carbocycles. The highest BCUT2D eigenvalue weighted by molar-refractivity contribution is 5.92. The van der Waals surface area contributed by atoms with Gasteiger partial charge in [0, 0.05) is 5.69 Å². The molecule has 78 valence electrons. The van der Waals surface area contributed by atoms with Crippen LogP contribution in [0.4, 0.5) is 10.1 Å². The lowest BCUT2D eigenvalue weighted by Gasteiger charge is -2.06. The molecular weight excluding hydrogens is 207 g/mol. The molecule has 0 fully saturated rings. The molecule has 0 aromatic heterocycles. The van der Waals surface area contributed by atoms with Gasteiger partial charge in [0.25, 0.3) is 0 Å². The van der Waals surface area contributed by atoms with Crippen molar-refractivity contribution in [1.82, 2.24) is 0 Å². The quantitative estimate of drug-likeness (QED) is 0.790. The summed E-state index contributed by atoms with van der Waals surface area (Å²) in [5.41, 5.74) is 6.39. The molecule has 0 spiro atoms. The van der Waals surface area contributed by atoms with Gasteiger partial charge in [-0.2, -0.15) is 0 Å². The zero-order chi connectivity index (χ0) is 9.84. The minimum atomic E-state index is -0.316. The molecule has 1 amide bonds. The van der Waals surface area contributed by atoms with E-state index in [0.717, 1.165) is 0 Å². The number of carbonyl (C=O) groups is 1. The van der Waals surface area contributed by atoms with Gasteiger partial charge < -0.3 is 11.1 Å². The number of hydrogen-bond acceptors (Lipinski definition) is 2. The third kappa shape index (κ3) is 3.32. The largest absolute Gasteiger partial charge is 0.325 e. The van der Waals surface area contributed by atoms with E-state index >= 15 is 0 Å². The number of amides is 1. The molecule has 0 bridgehead atoms. The molecule has 3 N–H and O–H groups in total. The van der Waals surface area contributed by atoms with E-state index in [1.807, 2.05) is 0 Å². The van der Waals surface area contributed by atoms with Crippen LogP contribution in [0.1, 0.15) is 5.56 Å². The molecule has 0 saturated heterocycles. The predicted octanol–water partition coefficient (Wildman–Crippen LogP) is 1.45. The van der Waals surface area contributed by atoms with Crippen molar-refractivity contribution in [2.24, 2.45) is 5.73 Å². The minimum absolute atomic E-state index is 0. The maximum atomic E-state index is 12.6. The lowest BCUT2D eigenvalue weighted by atomic mass is 10.2. The van der Waals surface area contributed by atoms with E-state index in [9.17, 15) is 9.18 Å². The number of halogens is 2. The lowest BCUT2D eigenvalue weighted by Crippen LogP contribution is -2.22. The van der Waals surface area contributed by atoms with Crippen molar-refractivity contribution in [2.75, 3.05) is 11.9 Å². The number of benzene rings is 1. The van der Waals surface area contributed by atoms with E-state index < -0.39 is 0 Å². The van der Waals surface area contributed by atoms with Crippen LogP contribution in [0.2, 0.25) is 0 Å². The maximum absolute atomic E-state index is 12.6. The fraction of sp³-hybridized carbons (Fsp3) is 0.222. The second-order valence-corrected chi connectivity index (χ2v) is 2.71. The van der Waals surface area contributed by atoms with E-state index in [2.05, 4.69) is 5.32 Å². The van der Waals surface area contributed by atoms with E-state index in [-0.39, 0.29) is 30.7 Å². The number of aryl methyl sites for hydroxylation is 1. The Bertz CT molecular complexity index is 331. The fourth-order valence-electron chi connectivity index (χ4n) is 0.969. The van der Waals surface area contributed by atoms with Crippen LogP contribution in [0.3, 0.4) is 0 Å². The summed E-state index contributed by atoms with van der Waals surface area (Å²) in [5.74, 6) is -0.599. The summed E-state index contributed by atoms with van der Waals surface area (Å²) in [5, 5.41) is 2.56. The Morgan fingerprint density at radius 2 is 2.21 bits per heavy atom. The highest BCUT2D eigenvalue weighted by Crippen LogP contribution is 2.14. The molecule has 1 aromatic rings. The summed E-state index contributed by atoms with van der Waals surface area (Å²) in [6.45, 7) is 1.64. The SMILES string of the molecule is Cc1cc(F)ccc1NC(=O)CN.Cl. The molecule has 1 rings (SSSR count). The monoisotopic (exact) mass is 218 g/mol. The zero-order valence-electron chi connectivity index (χ0n) is 7.71. The van der Waals surface area contributed by atoms with Crippen molar-refractivity contribution in [3.8, 4) is 0 Å². The lowest BCUT2D eigenvalue weighted by molar-refractivity contribution is -0.114. The minimum Gasteiger partial charge on any atom is -0.325 e. The second kappa shape index (κ2) is 5.57. The van der Waals surface area contributed by atoms with Crippen LogP contribution < -0.4 is 11.1 Å². The summed E-state index contributed by atoms with van der Waals surface area (Å²) < 4.78 is 12.6. The average molecular weight is 219 g/mol. The van der Waals surface area contributed by atoms with Crippen molar-refractivity contribution >= 4 is 24.0 Å². The molecule has 14 heavy (non-hydrogen) atoms. The van der Waals surface area contributed by atoms with Crippen LogP contribution in [-0.4, -0.2) is 12.5 Å². The van der Waals surface area contributed by atoms with Gasteiger partial charge in [0.05, 0.1) is 6.54 Å². The highest BCUT2D eigenvalue weighted by Gasteiger charge is 2.02. The molecule has 0 radical (unpaired) electrons. The zero-order valence-corrected chi connectivity index (χ0v) is 8.53. The van der Waals surface area contributed by atoms with Crippen molar-refractivity contribution < 1.29 is 9.18 Å². The third-order valence-electron chi connectivity index (χ3n) is 1.65. The number of carbonyl (C=O) groups excluding carboxylic acids is 1. The maximum Gasteiger partial charge on any atom is 0.238 e. The molecule has 0 heterocycles. The Morgan fingerprint density at radius 1 is 1.57 bits per heavy atom. The predicted molar refractivity (Wildman–Crippen MR) is 56.1 cm³/mol. The summed E-state index contributed by atoms with van der Waals surface area (Å²) in [6, 6.07) is 4.16. The van der Waals surface area contributed by atoms with E-state index in [0.29, 0.717) is 11.3 Å². The standard InChI is InChI=1S/C9H11FN2O.ClH/c1-6-4-7(10)2-3-8(6)12-9(13)5-11;/h2-4H,5,11H2,1H3,(H,12,13);1H. The van der Waals surface area contributed by atoms with Crippen LogP contribution in [-0.2, 0) is 4.79 Å². The smallest absolute Gasteiger partial charge is 0.238 e. The van der Waals surface area contributed by atoms with Crippen molar-refractivity contribution in [2.45, 2.75) is 6.92 Å². The number of rotatable bonds is 2. The van der Waals surface area contributed by atoms with Crippen LogP contribution >= 0.6 is 12.4 Å². The normalized spacial score (nSPS) is 9.07. The summed E-state index contributed by atoms with van der Waals surface area (Å²) in [6.07, 6.45) is 0. The third-order valence-corrected chi connectivity index (χ3v) is 1.65. The topological polar surface area (TPSA) is 55.1 Å². The first-order chi connectivity index (χ1) is 6.13. The molecular formula is C9H12ClFN2O. The first-order valence-corrected chi connectivity index (χ1v) is 3.89. The first-order valence-electron chi connectivity index (χ1n) is 3.89. The van der Waals surface area contributed by atoms with Crippen LogP contribution in [0.25, 0.3) is 0 Å².